The van der Waals surface area contributed by atoms with Crippen molar-refractivity contribution in [3.05, 3.63) is 94.9 Å². The summed E-state index contributed by atoms with van der Waals surface area (Å²) in [7, 11) is 0. The Kier molecular flexibility index (Phi) is 7.39. The lowest BCUT2D eigenvalue weighted by Gasteiger charge is -2.18. The number of carbonyl (C=O) groups is 1. The van der Waals surface area contributed by atoms with E-state index in [0.29, 0.717) is 24.3 Å². The highest BCUT2D eigenvalue weighted by molar-refractivity contribution is 5.81. The molecule has 0 spiro atoms. The van der Waals surface area contributed by atoms with Crippen LogP contribution in [0.15, 0.2) is 66.7 Å². The fraction of sp³-hybridized carbons (Fsp3) is 0.276. The fourth-order valence-corrected chi connectivity index (χ4v) is 4.24. The second-order valence-electron chi connectivity index (χ2n) is 9.09. The number of rotatable bonds is 10. The lowest BCUT2D eigenvalue weighted by atomic mass is 10.1. The monoisotopic (exact) mass is 474 g/mol. The highest BCUT2D eigenvalue weighted by atomic mass is 19.1. The SMILES string of the molecule is Cc1cc2ccccc2n1Cc1ccc(CNc2ccc(CCC(=O)O)c(F)c2)cc1OC(C)C. The van der Waals surface area contributed by atoms with Gasteiger partial charge in [0, 0.05) is 35.4 Å². The molecule has 0 saturated heterocycles. The van der Waals surface area contributed by atoms with Crippen LogP contribution in [0.25, 0.3) is 10.9 Å². The van der Waals surface area contributed by atoms with Crippen LogP contribution in [-0.2, 0) is 24.3 Å². The van der Waals surface area contributed by atoms with Crippen LogP contribution in [0.5, 0.6) is 5.75 Å². The molecule has 0 amide bonds. The van der Waals surface area contributed by atoms with Crippen molar-refractivity contribution in [3.63, 3.8) is 0 Å². The number of aliphatic carboxylic acids is 1. The minimum Gasteiger partial charge on any atom is -0.491 e. The van der Waals surface area contributed by atoms with E-state index in [2.05, 4.69) is 59.3 Å². The largest absolute Gasteiger partial charge is 0.491 e. The molecule has 4 rings (SSSR count). The third-order valence-corrected chi connectivity index (χ3v) is 6.00. The van der Waals surface area contributed by atoms with E-state index in [1.54, 1.807) is 12.1 Å². The van der Waals surface area contributed by atoms with Crippen LogP contribution >= 0.6 is 0 Å². The van der Waals surface area contributed by atoms with Crippen LogP contribution < -0.4 is 10.1 Å². The Labute approximate surface area is 205 Å². The molecule has 0 atom stereocenters. The lowest BCUT2D eigenvalue weighted by Crippen LogP contribution is -2.11. The lowest BCUT2D eigenvalue weighted by molar-refractivity contribution is -0.136. The number of ether oxygens (including phenoxy) is 1. The third-order valence-electron chi connectivity index (χ3n) is 6.00. The molecule has 2 N–H and O–H groups in total. The molecule has 5 nitrogen and oxygen atoms in total. The van der Waals surface area contributed by atoms with Gasteiger partial charge >= 0.3 is 5.97 Å². The summed E-state index contributed by atoms with van der Waals surface area (Å²) in [4.78, 5) is 10.7. The molecule has 0 aliphatic heterocycles. The van der Waals surface area contributed by atoms with Crippen molar-refractivity contribution in [2.24, 2.45) is 0 Å². The summed E-state index contributed by atoms with van der Waals surface area (Å²) in [6.45, 7) is 7.36. The van der Waals surface area contributed by atoms with Crippen LogP contribution in [0, 0.1) is 12.7 Å². The van der Waals surface area contributed by atoms with Crippen LogP contribution in [0.1, 0.15) is 42.7 Å². The first-order valence-electron chi connectivity index (χ1n) is 11.9. The van der Waals surface area contributed by atoms with Crippen molar-refractivity contribution in [3.8, 4) is 5.75 Å². The highest BCUT2D eigenvalue weighted by Crippen LogP contribution is 2.27. The fourth-order valence-electron chi connectivity index (χ4n) is 4.24. The molecule has 0 radical (unpaired) electrons. The number of hydrogen-bond donors (Lipinski definition) is 2. The molecule has 0 fully saturated rings. The van der Waals surface area contributed by atoms with Gasteiger partial charge in [-0.05, 0) is 74.0 Å². The van der Waals surface area contributed by atoms with Crippen molar-refractivity contribution in [2.75, 3.05) is 5.32 Å². The first-order chi connectivity index (χ1) is 16.8. The minimum atomic E-state index is -0.936. The first kappa shape index (κ1) is 24.3. The Balaban J connectivity index is 1.51. The number of halogens is 1. The van der Waals surface area contributed by atoms with Crippen molar-refractivity contribution in [1.29, 1.82) is 0 Å². The van der Waals surface area contributed by atoms with Gasteiger partial charge < -0.3 is 19.7 Å². The number of carboxylic acid groups (broad SMARTS) is 1. The maximum atomic E-state index is 14.4. The molecule has 0 saturated carbocycles. The molecular formula is C29H31FN2O3. The molecule has 0 aliphatic rings. The second-order valence-corrected chi connectivity index (χ2v) is 9.09. The molecule has 6 heteroatoms. The smallest absolute Gasteiger partial charge is 0.303 e. The Morgan fingerprint density at radius 1 is 1.06 bits per heavy atom. The summed E-state index contributed by atoms with van der Waals surface area (Å²) in [5, 5.41) is 13.3. The van der Waals surface area contributed by atoms with Crippen molar-refractivity contribution in [1.82, 2.24) is 4.57 Å². The molecule has 0 unspecified atom stereocenters. The average Bonchev–Trinajstić information content (AvgIpc) is 3.13. The van der Waals surface area contributed by atoms with Gasteiger partial charge in [0.1, 0.15) is 11.6 Å². The van der Waals surface area contributed by atoms with Crippen molar-refractivity contribution in [2.45, 2.75) is 52.8 Å². The van der Waals surface area contributed by atoms with Gasteiger partial charge in [0.05, 0.1) is 12.6 Å². The summed E-state index contributed by atoms with van der Waals surface area (Å²) in [5.41, 5.74) is 5.56. The molecule has 0 aliphatic carbocycles. The van der Waals surface area contributed by atoms with Crippen LogP contribution in [0.2, 0.25) is 0 Å². The van der Waals surface area contributed by atoms with E-state index in [-0.39, 0.29) is 18.9 Å². The average molecular weight is 475 g/mol. The Morgan fingerprint density at radius 3 is 2.57 bits per heavy atom. The number of nitrogens with zero attached hydrogens (tertiary/aromatic N) is 1. The molecule has 1 aromatic heterocycles. The Bertz CT molecular complexity index is 1340. The second kappa shape index (κ2) is 10.6. The van der Waals surface area contributed by atoms with Crippen LogP contribution in [-0.4, -0.2) is 21.7 Å². The van der Waals surface area contributed by atoms with Gasteiger partial charge in [-0.2, -0.15) is 0 Å². The van der Waals surface area contributed by atoms with Gasteiger partial charge in [-0.15, -0.1) is 0 Å². The molecule has 182 valence electrons. The zero-order valence-corrected chi connectivity index (χ0v) is 20.3. The van der Waals surface area contributed by atoms with Crippen molar-refractivity contribution < 1.29 is 19.0 Å². The van der Waals surface area contributed by atoms with Crippen molar-refractivity contribution >= 4 is 22.6 Å². The number of anilines is 1. The number of nitrogens with one attached hydrogen (secondary N) is 1. The number of hydrogen-bond acceptors (Lipinski definition) is 3. The number of aromatic nitrogens is 1. The summed E-state index contributed by atoms with van der Waals surface area (Å²) in [6, 6.07) is 21.6. The van der Waals surface area contributed by atoms with Gasteiger partial charge in [0.25, 0.3) is 0 Å². The van der Waals surface area contributed by atoms with E-state index >= 15 is 0 Å². The number of fused-ring (bicyclic) bond motifs is 1. The maximum Gasteiger partial charge on any atom is 0.303 e. The normalized spacial score (nSPS) is 11.2. The number of carboxylic acids is 1. The molecule has 0 bridgehead atoms. The summed E-state index contributed by atoms with van der Waals surface area (Å²) in [6.07, 6.45) is 0.119. The summed E-state index contributed by atoms with van der Waals surface area (Å²) < 4.78 is 22.8. The Hall–Kier alpha value is -3.80. The minimum absolute atomic E-state index is 0.0342. The van der Waals surface area contributed by atoms with Crippen LogP contribution in [0.4, 0.5) is 10.1 Å². The van der Waals surface area contributed by atoms with E-state index in [1.165, 1.54) is 22.7 Å². The first-order valence-corrected chi connectivity index (χ1v) is 11.9. The van der Waals surface area contributed by atoms with E-state index in [1.807, 2.05) is 19.9 Å². The quantitative estimate of drug-likeness (QED) is 0.273. The predicted molar refractivity (Wildman–Crippen MR) is 138 cm³/mol. The number of para-hydroxylation sites is 1. The highest BCUT2D eigenvalue weighted by Gasteiger charge is 2.12. The number of benzene rings is 3. The zero-order valence-electron chi connectivity index (χ0n) is 20.3. The van der Waals surface area contributed by atoms with E-state index in [0.717, 1.165) is 16.9 Å². The third kappa shape index (κ3) is 6.01. The topological polar surface area (TPSA) is 63.5 Å². The zero-order chi connectivity index (χ0) is 24.9. The van der Waals surface area contributed by atoms with Gasteiger partial charge in [-0.1, -0.05) is 36.4 Å². The van der Waals surface area contributed by atoms with Gasteiger partial charge in [0.15, 0.2) is 0 Å². The molecule has 35 heavy (non-hydrogen) atoms. The molecule has 4 aromatic rings. The van der Waals surface area contributed by atoms with Crippen LogP contribution in [0.3, 0.4) is 0 Å². The van der Waals surface area contributed by atoms with E-state index in [4.69, 9.17) is 9.84 Å². The molecule has 1 heterocycles. The van der Waals surface area contributed by atoms with Gasteiger partial charge in [-0.25, -0.2) is 4.39 Å². The molecule has 3 aromatic carbocycles. The Morgan fingerprint density at radius 2 is 1.83 bits per heavy atom. The standard InChI is InChI=1S/C29H31FN2O3/c1-19(2)35-28-15-21(17-31-25-12-10-22(26(30)16-25)11-13-29(33)34)8-9-24(28)18-32-20(3)14-23-6-4-5-7-27(23)32/h4-10,12,14-16,19,31H,11,13,17-18H2,1-3H3,(H,33,34). The van der Waals surface area contributed by atoms with Gasteiger partial charge in [-0.3, -0.25) is 4.79 Å². The number of aryl methyl sites for hydroxylation is 2. The van der Waals surface area contributed by atoms with E-state index < -0.39 is 11.8 Å². The van der Waals surface area contributed by atoms with Gasteiger partial charge in [0.2, 0.25) is 0 Å². The summed E-state index contributed by atoms with van der Waals surface area (Å²) >= 11 is 0. The maximum absolute atomic E-state index is 14.4. The van der Waals surface area contributed by atoms with E-state index in [9.17, 15) is 9.18 Å². The molecular weight excluding hydrogens is 443 g/mol. The predicted octanol–water partition coefficient (Wildman–Crippen LogP) is 6.55. The summed E-state index contributed by atoms with van der Waals surface area (Å²) in [5.74, 6) is -0.494.